The van der Waals surface area contributed by atoms with Crippen LogP contribution in [0.2, 0.25) is 10.0 Å². The fourth-order valence-electron chi connectivity index (χ4n) is 4.36. The van der Waals surface area contributed by atoms with Crippen LogP contribution >= 0.6 is 23.2 Å². The van der Waals surface area contributed by atoms with E-state index in [2.05, 4.69) is 5.32 Å². The predicted molar refractivity (Wildman–Crippen MR) is 168 cm³/mol. The number of hydrogen-bond donors (Lipinski definition) is 1. The number of para-hydroxylation sites is 2. The molecule has 0 heterocycles. The number of halogens is 2. The van der Waals surface area contributed by atoms with Crippen molar-refractivity contribution in [2.45, 2.75) is 64.1 Å². The first-order valence-electron chi connectivity index (χ1n) is 13.9. The van der Waals surface area contributed by atoms with E-state index >= 15 is 0 Å². The lowest BCUT2D eigenvalue weighted by atomic mass is 10.1. The molecular weight excluding hydrogens is 597 g/mol. The van der Waals surface area contributed by atoms with Gasteiger partial charge in [0.05, 0.1) is 17.2 Å². The van der Waals surface area contributed by atoms with Crippen molar-refractivity contribution < 1.29 is 22.7 Å². The average molecular weight is 635 g/mol. The lowest BCUT2D eigenvalue weighted by Gasteiger charge is -2.34. The molecule has 8 nitrogen and oxygen atoms in total. The molecule has 3 aromatic carbocycles. The van der Waals surface area contributed by atoms with E-state index in [9.17, 15) is 18.0 Å². The molecular formula is C31H37Cl2N3O5S. The van der Waals surface area contributed by atoms with Gasteiger partial charge in [0.2, 0.25) is 11.8 Å². The molecule has 0 unspecified atom stereocenters. The van der Waals surface area contributed by atoms with Crippen LogP contribution in [-0.2, 0) is 26.2 Å². The summed E-state index contributed by atoms with van der Waals surface area (Å²) in [5.41, 5.74) is 0.821. The number of amides is 2. The Kier molecular flexibility index (Phi) is 12.1. The molecule has 0 fully saturated rings. The summed E-state index contributed by atoms with van der Waals surface area (Å²) in [6.07, 6.45) is 1.01. The van der Waals surface area contributed by atoms with Crippen molar-refractivity contribution in [2.75, 3.05) is 17.5 Å². The summed E-state index contributed by atoms with van der Waals surface area (Å²) >= 11 is 12.5. The van der Waals surface area contributed by atoms with Gasteiger partial charge in [-0.3, -0.25) is 13.9 Å². The Bertz CT molecular complexity index is 1470. The van der Waals surface area contributed by atoms with E-state index in [-0.39, 0.29) is 35.7 Å². The molecule has 0 aliphatic rings. The minimum Gasteiger partial charge on any atom is -0.492 e. The van der Waals surface area contributed by atoms with E-state index in [1.54, 1.807) is 62.4 Å². The fraction of sp³-hybridized carbons (Fsp3) is 0.355. The molecule has 0 radical (unpaired) electrons. The molecule has 3 rings (SSSR count). The van der Waals surface area contributed by atoms with Gasteiger partial charge in [-0.1, -0.05) is 67.4 Å². The number of rotatable bonds is 14. The Morgan fingerprint density at radius 1 is 0.905 bits per heavy atom. The van der Waals surface area contributed by atoms with Crippen LogP contribution in [0.15, 0.2) is 77.7 Å². The van der Waals surface area contributed by atoms with Gasteiger partial charge < -0.3 is 15.0 Å². The van der Waals surface area contributed by atoms with Crippen molar-refractivity contribution in [2.24, 2.45) is 0 Å². The molecule has 2 amide bonds. The normalized spacial score (nSPS) is 12.7. The summed E-state index contributed by atoms with van der Waals surface area (Å²) in [5, 5.41) is 3.76. The Labute approximate surface area is 258 Å². The Morgan fingerprint density at radius 3 is 2.17 bits per heavy atom. The van der Waals surface area contributed by atoms with E-state index < -0.39 is 28.5 Å². The van der Waals surface area contributed by atoms with Crippen molar-refractivity contribution in [1.29, 1.82) is 0 Å². The topological polar surface area (TPSA) is 96.0 Å². The zero-order chi connectivity index (χ0) is 30.9. The molecule has 0 aliphatic carbocycles. The van der Waals surface area contributed by atoms with Gasteiger partial charge in [-0.2, -0.15) is 0 Å². The molecule has 0 aliphatic heterocycles. The number of nitrogens with zero attached hydrogens (tertiary/aromatic N) is 2. The highest BCUT2D eigenvalue weighted by Gasteiger charge is 2.35. The smallest absolute Gasteiger partial charge is 0.264 e. The summed E-state index contributed by atoms with van der Waals surface area (Å²) in [6, 6.07) is 18.4. The van der Waals surface area contributed by atoms with Crippen molar-refractivity contribution in [3.63, 3.8) is 0 Å². The third kappa shape index (κ3) is 8.18. The standard InChI is InChI=1S/C31H37Cl2N3O5S/c1-5-22(4)34-31(38)27(6-2)35(20-23-12-8-9-13-26(23)33)30(37)21-36(28-14-10-11-15-29(28)41-7-3)42(39,40)25-18-16-24(32)17-19-25/h8-19,22,27H,5-7,20-21H2,1-4H3,(H,34,38)/t22-,27+/m0/s1. The zero-order valence-corrected chi connectivity index (χ0v) is 26.5. The van der Waals surface area contributed by atoms with Crippen LogP contribution in [0.5, 0.6) is 5.75 Å². The molecule has 0 saturated heterocycles. The van der Waals surface area contributed by atoms with Crippen LogP contribution in [0.1, 0.15) is 46.1 Å². The van der Waals surface area contributed by atoms with Gasteiger partial charge in [0.15, 0.2) is 0 Å². The van der Waals surface area contributed by atoms with E-state index in [1.165, 1.54) is 29.2 Å². The summed E-state index contributed by atoms with van der Waals surface area (Å²) in [7, 11) is -4.28. The number of sulfonamides is 1. The highest BCUT2D eigenvalue weighted by Crippen LogP contribution is 2.33. The number of ether oxygens (including phenoxy) is 1. The van der Waals surface area contributed by atoms with E-state index in [0.717, 1.165) is 4.31 Å². The first-order chi connectivity index (χ1) is 20.0. The molecule has 0 bridgehead atoms. The number of benzene rings is 3. The number of anilines is 1. The second-order valence-electron chi connectivity index (χ2n) is 9.72. The maximum Gasteiger partial charge on any atom is 0.264 e. The Balaban J connectivity index is 2.12. The van der Waals surface area contributed by atoms with Gasteiger partial charge in [-0.25, -0.2) is 8.42 Å². The van der Waals surface area contributed by atoms with Gasteiger partial charge in [0.25, 0.3) is 10.0 Å². The van der Waals surface area contributed by atoms with Crippen molar-refractivity contribution >= 4 is 50.7 Å². The number of hydrogen-bond acceptors (Lipinski definition) is 5. The number of carbonyl (C=O) groups excluding carboxylic acids is 2. The number of carbonyl (C=O) groups is 2. The lowest BCUT2D eigenvalue weighted by molar-refractivity contribution is -0.140. The van der Waals surface area contributed by atoms with Crippen molar-refractivity contribution in [3.05, 3.63) is 88.4 Å². The summed E-state index contributed by atoms with van der Waals surface area (Å²) < 4.78 is 34.9. The largest absolute Gasteiger partial charge is 0.492 e. The summed E-state index contributed by atoms with van der Waals surface area (Å²) in [4.78, 5) is 29.0. The van der Waals surface area contributed by atoms with Gasteiger partial charge in [-0.05, 0) is 74.7 Å². The van der Waals surface area contributed by atoms with Crippen molar-refractivity contribution in [3.8, 4) is 5.75 Å². The van der Waals surface area contributed by atoms with Crippen LogP contribution in [0.4, 0.5) is 5.69 Å². The first kappa shape index (κ1) is 33.2. The highest BCUT2D eigenvalue weighted by molar-refractivity contribution is 7.92. The Morgan fingerprint density at radius 2 is 1.55 bits per heavy atom. The average Bonchev–Trinajstić information content (AvgIpc) is 2.97. The number of nitrogens with one attached hydrogen (secondary N) is 1. The molecule has 0 spiro atoms. The Hall–Kier alpha value is -3.27. The van der Waals surface area contributed by atoms with Gasteiger partial charge in [0, 0.05) is 22.6 Å². The third-order valence-electron chi connectivity index (χ3n) is 6.80. The summed E-state index contributed by atoms with van der Waals surface area (Å²) in [6.45, 7) is 7.13. The minimum atomic E-state index is -4.28. The molecule has 1 N–H and O–H groups in total. The first-order valence-corrected chi connectivity index (χ1v) is 16.1. The molecule has 42 heavy (non-hydrogen) atoms. The molecule has 0 aromatic heterocycles. The SMILES string of the molecule is CCOc1ccccc1N(CC(=O)N(Cc1ccccc1Cl)[C@H](CC)C(=O)N[C@@H](C)CC)S(=O)(=O)c1ccc(Cl)cc1. The van der Waals surface area contributed by atoms with E-state index in [0.29, 0.717) is 34.2 Å². The van der Waals surface area contributed by atoms with Crippen LogP contribution in [0.25, 0.3) is 0 Å². The second-order valence-corrected chi connectivity index (χ2v) is 12.4. The summed E-state index contributed by atoms with van der Waals surface area (Å²) in [5.74, 6) is -0.608. The molecule has 2 atom stereocenters. The quantitative estimate of drug-likeness (QED) is 0.224. The highest BCUT2D eigenvalue weighted by atomic mass is 35.5. The fourth-order valence-corrected chi connectivity index (χ4v) is 6.10. The van der Waals surface area contributed by atoms with Crippen LogP contribution < -0.4 is 14.4 Å². The third-order valence-corrected chi connectivity index (χ3v) is 9.19. The van der Waals surface area contributed by atoms with Gasteiger partial charge >= 0.3 is 0 Å². The van der Waals surface area contributed by atoms with Crippen LogP contribution in [0, 0.1) is 0 Å². The monoisotopic (exact) mass is 633 g/mol. The maximum absolute atomic E-state index is 14.2. The predicted octanol–water partition coefficient (Wildman–Crippen LogP) is 6.31. The second kappa shape index (κ2) is 15.3. The minimum absolute atomic E-state index is 0.00682. The lowest BCUT2D eigenvalue weighted by Crippen LogP contribution is -2.53. The van der Waals surface area contributed by atoms with Gasteiger partial charge in [0.1, 0.15) is 18.3 Å². The molecule has 0 saturated carbocycles. The zero-order valence-electron chi connectivity index (χ0n) is 24.2. The maximum atomic E-state index is 14.2. The van der Waals surface area contributed by atoms with E-state index in [1.807, 2.05) is 13.8 Å². The van der Waals surface area contributed by atoms with Gasteiger partial charge in [-0.15, -0.1) is 0 Å². The molecule has 226 valence electrons. The van der Waals surface area contributed by atoms with Crippen LogP contribution in [0.3, 0.4) is 0 Å². The van der Waals surface area contributed by atoms with Crippen LogP contribution in [-0.4, -0.2) is 50.4 Å². The van der Waals surface area contributed by atoms with Crippen molar-refractivity contribution in [1.82, 2.24) is 10.2 Å². The molecule has 11 heteroatoms. The molecule has 3 aromatic rings. The van der Waals surface area contributed by atoms with E-state index in [4.69, 9.17) is 27.9 Å².